The molecule has 0 aliphatic rings. The minimum Gasteiger partial charge on any atom is -0.502 e. The molecule has 0 aromatic heterocycles. The standard InChI is InChI=1S/C17H13ClO5/c18-13-6-4-11(5-7-13)10-23-14-3-1-2-12(8-14)15(19)9-16(20)17(21)22/h1-9,20H,10H2,(H,21,22)/b16-9-. The van der Waals surface area contributed by atoms with E-state index >= 15 is 0 Å². The van der Waals surface area contributed by atoms with Gasteiger partial charge in [-0.3, -0.25) is 4.79 Å². The highest BCUT2D eigenvalue weighted by Gasteiger charge is 2.10. The van der Waals surface area contributed by atoms with Gasteiger partial charge in [-0.1, -0.05) is 35.9 Å². The van der Waals surface area contributed by atoms with Gasteiger partial charge in [-0.2, -0.15) is 0 Å². The fourth-order valence-electron chi connectivity index (χ4n) is 1.76. The van der Waals surface area contributed by atoms with E-state index in [1.807, 2.05) is 12.1 Å². The Hall–Kier alpha value is -2.79. The Balaban J connectivity index is 2.07. The predicted octanol–water partition coefficient (Wildman–Crippen LogP) is 3.63. The van der Waals surface area contributed by atoms with Gasteiger partial charge in [0, 0.05) is 16.7 Å². The molecule has 5 nitrogen and oxygen atoms in total. The summed E-state index contributed by atoms with van der Waals surface area (Å²) in [6.07, 6.45) is 0.653. The molecular weight excluding hydrogens is 320 g/mol. The first-order chi connectivity index (χ1) is 11.0. The number of hydrogen-bond donors (Lipinski definition) is 2. The highest BCUT2D eigenvalue weighted by molar-refractivity contribution is 6.30. The predicted molar refractivity (Wildman–Crippen MR) is 84.9 cm³/mol. The number of carbonyl (C=O) groups excluding carboxylic acids is 1. The lowest BCUT2D eigenvalue weighted by Crippen LogP contribution is -2.04. The SMILES string of the molecule is O=C(O)/C(O)=C/C(=O)c1cccc(OCc2ccc(Cl)cc2)c1. The minimum atomic E-state index is -1.56. The van der Waals surface area contributed by atoms with Gasteiger partial charge in [0.1, 0.15) is 12.4 Å². The number of ether oxygens (including phenoxy) is 1. The summed E-state index contributed by atoms with van der Waals surface area (Å²) in [4.78, 5) is 22.4. The maximum Gasteiger partial charge on any atom is 0.371 e. The lowest BCUT2D eigenvalue weighted by atomic mass is 10.1. The average Bonchev–Trinajstić information content (AvgIpc) is 2.54. The van der Waals surface area contributed by atoms with Gasteiger partial charge in [0.2, 0.25) is 5.76 Å². The number of benzene rings is 2. The second-order valence-corrected chi connectivity index (χ2v) is 5.08. The van der Waals surface area contributed by atoms with Crippen LogP contribution in [0.1, 0.15) is 15.9 Å². The van der Waals surface area contributed by atoms with Crippen molar-refractivity contribution in [3.63, 3.8) is 0 Å². The van der Waals surface area contributed by atoms with E-state index in [1.165, 1.54) is 12.1 Å². The summed E-state index contributed by atoms with van der Waals surface area (Å²) in [7, 11) is 0. The normalized spacial score (nSPS) is 11.1. The number of aliphatic hydroxyl groups excluding tert-OH is 1. The molecule has 0 unspecified atom stereocenters. The molecule has 0 radical (unpaired) electrons. The van der Waals surface area contributed by atoms with Crippen LogP contribution in [0.2, 0.25) is 5.02 Å². The number of allylic oxidation sites excluding steroid dienone is 1. The first kappa shape index (κ1) is 16.6. The highest BCUT2D eigenvalue weighted by atomic mass is 35.5. The number of aliphatic carboxylic acids is 1. The molecule has 2 aromatic carbocycles. The number of hydrogen-bond acceptors (Lipinski definition) is 4. The molecule has 0 bridgehead atoms. The fraction of sp³-hybridized carbons (Fsp3) is 0.0588. The summed E-state index contributed by atoms with van der Waals surface area (Å²) >= 11 is 5.80. The quantitative estimate of drug-likeness (QED) is 0.479. The molecule has 2 rings (SSSR count). The van der Waals surface area contributed by atoms with Crippen LogP contribution in [0.25, 0.3) is 0 Å². The molecular formula is C17H13ClO5. The van der Waals surface area contributed by atoms with Gasteiger partial charge >= 0.3 is 5.97 Å². The summed E-state index contributed by atoms with van der Waals surface area (Å²) in [6, 6.07) is 13.4. The van der Waals surface area contributed by atoms with E-state index in [2.05, 4.69) is 0 Å². The fourth-order valence-corrected chi connectivity index (χ4v) is 1.88. The summed E-state index contributed by atoms with van der Waals surface area (Å²) in [5, 5.41) is 18.3. The van der Waals surface area contributed by atoms with Gasteiger partial charge in [-0.25, -0.2) is 4.79 Å². The third kappa shape index (κ3) is 4.86. The number of halogens is 1. The molecule has 0 amide bonds. The van der Waals surface area contributed by atoms with Gasteiger partial charge in [-0.15, -0.1) is 0 Å². The molecule has 0 aliphatic heterocycles. The van der Waals surface area contributed by atoms with Crippen LogP contribution in [0.15, 0.2) is 60.4 Å². The maximum atomic E-state index is 11.9. The van der Waals surface area contributed by atoms with E-state index in [9.17, 15) is 9.59 Å². The Morgan fingerprint density at radius 2 is 1.78 bits per heavy atom. The first-order valence-electron chi connectivity index (χ1n) is 6.61. The van der Waals surface area contributed by atoms with Crippen LogP contribution < -0.4 is 4.74 Å². The third-order valence-electron chi connectivity index (χ3n) is 2.92. The van der Waals surface area contributed by atoms with Crippen molar-refractivity contribution in [2.75, 3.05) is 0 Å². The molecule has 0 fully saturated rings. The van der Waals surface area contributed by atoms with Crippen molar-refractivity contribution < 1.29 is 24.5 Å². The Kier molecular flexibility index (Phi) is 5.38. The average molecular weight is 333 g/mol. The number of carbonyl (C=O) groups is 2. The third-order valence-corrected chi connectivity index (χ3v) is 3.18. The lowest BCUT2D eigenvalue weighted by Gasteiger charge is -2.07. The highest BCUT2D eigenvalue weighted by Crippen LogP contribution is 2.17. The summed E-state index contributed by atoms with van der Waals surface area (Å²) in [5.74, 6) is -2.74. The summed E-state index contributed by atoms with van der Waals surface area (Å²) in [5.41, 5.74) is 1.13. The van der Waals surface area contributed by atoms with E-state index in [0.29, 0.717) is 23.5 Å². The van der Waals surface area contributed by atoms with Crippen molar-refractivity contribution in [1.29, 1.82) is 0 Å². The number of rotatable bonds is 6. The van der Waals surface area contributed by atoms with Gasteiger partial charge in [0.25, 0.3) is 0 Å². The van der Waals surface area contributed by atoms with E-state index in [1.54, 1.807) is 24.3 Å². The van der Waals surface area contributed by atoms with Crippen molar-refractivity contribution in [1.82, 2.24) is 0 Å². The van der Waals surface area contributed by atoms with Crippen LogP contribution in [0.3, 0.4) is 0 Å². The molecule has 6 heteroatoms. The second-order valence-electron chi connectivity index (χ2n) is 4.64. The van der Waals surface area contributed by atoms with Crippen LogP contribution in [-0.4, -0.2) is 22.0 Å². The van der Waals surface area contributed by atoms with Crippen molar-refractivity contribution in [2.45, 2.75) is 6.61 Å². The molecule has 2 N–H and O–H groups in total. The van der Waals surface area contributed by atoms with Crippen LogP contribution >= 0.6 is 11.6 Å². The van der Waals surface area contributed by atoms with Crippen LogP contribution in [-0.2, 0) is 11.4 Å². The van der Waals surface area contributed by atoms with Crippen molar-refractivity contribution >= 4 is 23.4 Å². The van der Waals surface area contributed by atoms with E-state index in [-0.39, 0.29) is 5.56 Å². The van der Waals surface area contributed by atoms with Crippen LogP contribution in [0, 0.1) is 0 Å². The number of carboxylic acids is 1. The van der Waals surface area contributed by atoms with Gasteiger partial charge < -0.3 is 14.9 Å². The van der Waals surface area contributed by atoms with Crippen molar-refractivity contribution in [3.05, 3.63) is 76.5 Å². The molecule has 0 saturated heterocycles. The lowest BCUT2D eigenvalue weighted by molar-refractivity contribution is -0.135. The Labute approximate surface area is 137 Å². The topological polar surface area (TPSA) is 83.8 Å². The maximum absolute atomic E-state index is 11.9. The molecule has 0 heterocycles. The van der Waals surface area contributed by atoms with Crippen LogP contribution in [0.4, 0.5) is 0 Å². The van der Waals surface area contributed by atoms with Crippen molar-refractivity contribution in [2.24, 2.45) is 0 Å². The first-order valence-corrected chi connectivity index (χ1v) is 6.99. The van der Waals surface area contributed by atoms with E-state index < -0.39 is 17.5 Å². The summed E-state index contributed by atoms with van der Waals surface area (Å²) in [6.45, 7) is 0.297. The van der Waals surface area contributed by atoms with Crippen molar-refractivity contribution in [3.8, 4) is 5.75 Å². The van der Waals surface area contributed by atoms with Crippen LogP contribution in [0.5, 0.6) is 5.75 Å². The smallest absolute Gasteiger partial charge is 0.371 e. The minimum absolute atomic E-state index is 0.214. The van der Waals surface area contributed by atoms with E-state index in [4.69, 9.17) is 26.6 Å². The largest absolute Gasteiger partial charge is 0.502 e. The van der Waals surface area contributed by atoms with E-state index in [0.717, 1.165) is 5.56 Å². The molecule has 0 aliphatic carbocycles. The second kappa shape index (κ2) is 7.47. The number of carboxylic acid groups (broad SMARTS) is 1. The van der Waals surface area contributed by atoms with Gasteiger partial charge in [0.15, 0.2) is 5.78 Å². The zero-order chi connectivity index (χ0) is 16.8. The number of ketones is 1. The molecule has 2 aromatic rings. The summed E-state index contributed by atoms with van der Waals surface area (Å²) < 4.78 is 5.58. The zero-order valence-corrected chi connectivity index (χ0v) is 12.7. The Bertz CT molecular complexity index is 750. The molecule has 23 heavy (non-hydrogen) atoms. The number of aliphatic hydroxyl groups is 1. The zero-order valence-electron chi connectivity index (χ0n) is 11.9. The van der Waals surface area contributed by atoms with Gasteiger partial charge in [0.05, 0.1) is 0 Å². The molecule has 0 atom stereocenters. The van der Waals surface area contributed by atoms with Gasteiger partial charge in [-0.05, 0) is 29.8 Å². The molecule has 0 saturated carbocycles. The Morgan fingerprint density at radius 1 is 1.09 bits per heavy atom. The molecule has 118 valence electrons. The monoisotopic (exact) mass is 332 g/mol. The molecule has 0 spiro atoms. The Morgan fingerprint density at radius 3 is 2.43 bits per heavy atom.